The van der Waals surface area contributed by atoms with Crippen molar-refractivity contribution in [2.24, 2.45) is 0 Å². The molecule has 3 heteroatoms. The molecule has 0 saturated heterocycles. The molecule has 1 atom stereocenters. The number of hydrogen-bond donors (Lipinski definition) is 1. The second-order valence-corrected chi connectivity index (χ2v) is 4.51. The number of rotatable bonds is 4. The summed E-state index contributed by atoms with van der Waals surface area (Å²) < 4.78 is 0. The zero-order valence-corrected chi connectivity index (χ0v) is 9.61. The first-order valence-electron chi connectivity index (χ1n) is 4.83. The number of hydrogen-bond acceptors (Lipinski definition) is 3. The van der Waals surface area contributed by atoms with E-state index in [1.165, 1.54) is 10.7 Å². The highest BCUT2D eigenvalue weighted by atomic mass is 32.1. The molecule has 2 nitrogen and oxygen atoms in total. The summed E-state index contributed by atoms with van der Waals surface area (Å²) in [5, 5.41) is 6.82. The van der Waals surface area contributed by atoms with Crippen molar-refractivity contribution >= 4 is 11.3 Å². The van der Waals surface area contributed by atoms with Crippen LogP contribution in [0.5, 0.6) is 0 Å². The third kappa shape index (κ3) is 3.08. The van der Waals surface area contributed by atoms with E-state index in [9.17, 15) is 0 Å². The van der Waals surface area contributed by atoms with E-state index in [0.29, 0.717) is 12.1 Å². The van der Waals surface area contributed by atoms with Crippen molar-refractivity contribution in [2.75, 3.05) is 0 Å². The van der Waals surface area contributed by atoms with Crippen molar-refractivity contribution in [3.8, 4) is 0 Å². The number of aryl methyl sites for hydroxylation is 1. The zero-order chi connectivity index (χ0) is 9.84. The first-order chi connectivity index (χ1) is 6.13. The summed E-state index contributed by atoms with van der Waals surface area (Å²) in [5.41, 5.74) is 1.18. The molecular formula is C10H18N2S. The summed E-state index contributed by atoms with van der Waals surface area (Å²) in [7, 11) is 0. The van der Waals surface area contributed by atoms with Gasteiger partial charge in [-0.05, 0) is 13.3 Å². The van der Waals surface area contributed by atoms with Crippen molar-refractivity contribution in [2.45, 2.75) is 46.2 Å². The zero-order valence-electron chi connectivity index (χ0n) is 8.79. The Bertz CT molecular complexity index is 255. The van der Waals surface area contributed by atoms with Gasteiger partial charge in [-0.3, -0.25) is 0 Å². The SMILES string of the molecule is CCc1nc(C(C)NC(C)C)cs1. The first kappa shape index (κ1) is 10.7. The molecule has 1 unspecified atom stereocenters. The molecule has 0 bridgehead atoms. The molecule has 1 aromatic heterocycles. The van der Waals surface area contributed by atoms with Gasteiger partial charge >= 0.3 is 0 Å². The Morgan fingerprint density at radius 3 is 2.62 bits per heavy atom. The van der Waals surface area contributed by atoms with Crippen LogP contribution in [-0.2, 0) is 6.42 Å². The van der Waals surface area contributed by atoms with Gasteiger partial charge < -0.3 is 5.32 Å². The average Bonchev–Trinajstić information content (AvgIpc) is 2.50. The minimum atomic E-state index is 0.372. The normalized spacial score (nSPS) is 13.6. The highest BCUT2D eigenvalue weighted by Gasteiger charge is 2.09. The van der Waals surface area contributed by atoms with Gasteiger partial charge in [0, 0.05) is 17.5 Å². The van der Waals surface area contributed by atoms with E-state index < -0.39 is 0 Å². The lowest BCUT2D eigenvalue weighted by Crippen LogP contribution is -2.26. The summed E-state index contributed by atoms with van der Waals surface area (Å²) in [6.45, 7) is 8.62. The molecule has 1 rings (SSSR count). The third-order valence-electron chi connectivity index (χ3n) is 1.90. The predicted molar refractivity (Wildman–Crippen MR) is 58.2 cm³/mol. The lowest BCUT2D eigenvalue weighted by Gasteiger charge is -2.14. The van der Waals surface area contributed by atoms with E-state index in [-0.39, 0.29) is 0 Å². The lowest BCUT2D eigenvalue weighted by molar-refractivity contribution is 0.498. The van der Waals surface area contributed by atoms with Crippen molar-refractivity contribution in [1.82, 2.24) is 10.3 Å². The molecule has 13 heavy (non-hydrogen) atoms. The molecule has 0 aliphatic carbocycles. The Morgan fingerprint density at radius 2 is 2.15 bits per heavy atom. The molecule has 0 fully saturated rings. The Kier molecular flexibility index (Phi) is 3.88. The van der Waals surface area contributed by atoms with Gasteiger partial charge in [0.15, 0.2) is 0 Å². The summed E-state index contributed by atoms with van der Waals surface area (Å²) in [5.74, 6) is 0. The molecular weight excluding hydrogens is 180 g/mol. The minimum Gasteiger partial charge on any atom is -0.307 e. The van der Waals surface area contributed by atoms with Crippen LogP contribution in [0.15, 0.2) is 5.38 Å². The Morgan fingerprint density at radius 1 is 1.46 bits per heavy atom. The van der Waals surface area contributed by atoms with E-state index in [1.807, 2.05) is 0 Å². The Hall–Kier alpha value is -0.410. The standard InChI is InChI=1S/C10H18N2S/c1-5-10-12-9(6-13-10)8(4)11-7(2)3/h6-8,11H,5H2,1-4H3. The monoisotopic (exact) mass is 198 g/mol. The van der Waals surface area contributed by atoms with Gasteiger partial charge in [-0.2, -0.15) is 0 Å². The Balaban J connectivity index is 2.60. The number of nitrogens with zero attached hydrogens (tertiary/aromatic N) is 1. The summed E-state index contributed by atoms with van der Waals surface area (Å²) in [6, 6.07) is 0.887. The molecule has 0 spiro atoms. The molecule has 1 N–H and O–H groups in total. The molecule has 74 valence electrons. The maximum Gasteiger partial charge on any atom is 0.0926 e. The van der Waals surface area contributed by atoms with Crippen LogP contribution in [0.2, 0.25) is 0 Å². The fraction of sp³-hybridized carbons (Fsp3) is 0.700. The van der Waals surface area contributed by atoms with Crippen LogP contribution in [0.25, 0.3) is 0 Å². The number of aromatic nitrogens is 1. The maximum atomic E-state index is 4.54. The third-order valence-corrected chi connectivity index (χ3v) is 2.91. The van der Waals surface area contributed by atoms with Gasteiger partial charge in [0.1, 0.15) is 0 Å². The second-order valence-electron chi connectivity index (χ2n) is 3.56. The fourth-order valence-corrected chi connectivity index (χ4v) is 2.11. The van der Waals surface area contributed by atoms with E-state index in [1.54, 1.807) is 11.3 Å². The molecule has 0 radical (unpaired) electrons. The highest BCUT2D eigenvalue weighted by Crippen LogP contribution is 2.17. The van der Waals surface area contributed by atoms with Crippen LogP contribution < -0.4 is 5.32 Å². The molecule has 1 heterocycles. The summed E-state index contributed by atoms with van der Waals surface area (Å²) in [6.07, 6.45) is 1.04. The topological polar surface area (TPSA) is 24.9 Å². The Labute approximate surface area is 84.4 Å². The van der Waals surface area contributed by atoms with Crippen LogP contribution in [-0.4, -0.2) is 11.0 Å². The van der Waals surface area contributed by atoms with Crippen LogP contribution in [0.1, 0.15) is 44.4 Å². The molecule has 0 aliphatic rings. The van der Waals surface area contributed by atoms with Gasteiger partial charge in [0.25, 0.3) is 0 Å². The van der Waals surface area contributed by atoms with Gasteiger partial charge in [-0.25, -0.2) is 4.98 Å². The van der Waals surface area contributed by atoms with Crippen LogP contribution in [0.4, 0.5) is 0 Å². The van der Waals surface area contributed by atoms with E-state index in [0.717, 1.165) is 6.42 Å². The van der Waals surface area contributed by atoms with Crippen LogP contribution in [0, 0.1) is 0 Å². The average molecular weight is 198 g/mol. The van der Waals surface area contributed by atoms with Gasteiger partial charge in [0.2, 0.25) is 0 Å². The largest absolute Gasteiger partial charge is 0.307 e. The highest BCUT2D eigenvalue weighted by molar-refractivity contribution is 7.09. The number of thiazole rings is 1. The van der Waals surface area contributed by atoms with Crippen molar-refractivity contribution in [3.63, 3.8) is 0 Å². The minimum absolute atomic E-state index is 0.372. The summed E-state index contributed by atoms with van der Waals surface area (Å²) >= 11 is 1.75. The van der Waals surface area contributed by atoms with E-state index in [2.05, 4.69) is 43.4 Å². The molecule has 0 amide bonds. The first-order valence-corrected chi connectivity index (χ1v) is 5.71. The van der Waals surface area contributed by atoms with Crippen LogP contribution in [0.3, 0.4) is 0 Å². The molecule has 0 saturated carbocycles. The number of nitrogens with one attached hydrogen (secondary N) is 1. The van der Waals surface area contributed by atoms with E-state index in [4.69, 9.17) is 0 Å². The van der Waals surface area contributed by atoms with Gasteiger partial charge in [-0.15, -0.1) is 11.3 Å². The second kappa shape index (κ2) is 4.72. The fourth-order valence-electron chi connectivity index (χ4n) is 1.27. The summed E-state index contributed by atoms with van der Waals surface area (Å²) in [4.78, 5) is 4.54. The predicted octanol–water partition coefficient (Wildman–Crippen LogP) is 2.76. The molecule has 1 aromatic rings. The van der Waals surface area contributed by atoms with Crippen molar-refractivity contribution in [1.29, 1.82) is 0 Å². The van der Waals surface area contributed by atoms with Gasteiger partial charge in [0.05, 0.1) is 10.7 Å². The van der Waals surface area contributed by atoms with Gasteiger partial charge in [-0.1, -0.05) is 20.8 Å². The smallest absolute Gasteiger partial charge is 0.0926 e. The quantitative estimate of drug-likeness (QED) is 0.804. The maximum absolute atomic E-state index is 4.54. The lowest BCUT2D eigenvalue weighted by atomic mass is 10.2. The molecule has 0 aromatic carbocycles. The van der Waals surface area contributed by atoms with Crippen molar-refractivity contribution < 1.29 is 0 Å². The molecule has 0 aliphatic heterocycles. The van der Waals surface area contributed by atoms with Crippen molar-refractivity contribution in [3.05, 3.63) is 16.1 Å². The van der Waals surface area contributed by atoms with Crippen LogP contribution >= 0.6 is 11.3 Å². The van der Waals surface area contributed by atoms with E-state index >= 15 is 0 Å².